The summed E-state index contributed by atoms with van der Waals surface area (Å²) in [6, 6.07) is 17.2. The van der Waals surface area contributed by atoms with Gasteiger partial charge in [0.05, 0.1) is 7.11 Å². The van der Waals surface area contributed by atoms with Gasteiger partial charge in [-0.25, -0.2) is 0 Å². The van der Waals surface area contributed by atoms with Gasteiger partial charge in [-0.15, -0.1) is 11.8 Å². The second-order valence-electron chi connectivity index (χ2n) is 7.00. The molecule has 0 heterocycles. The van der Waals surface area contributed by atoms with Crippen LogP contribution in [0.25, 0.3) is 0 Å². The Bertz CT molecular complexity index is 781. The van der Waals surface area contributed by atoms with Crippen LogP contribution in [0.3, 0.4) is 0 Å². The van der Waals surface area contributed by atoms with E-state index in [1.54, 1.807) is 23.8 Å². The molecule has 0 unspecified atom stereocenters. The Labute approximate surface area is 184 Å². The maximum atomic E-state index is 13.1. The minimum absolute atomic E-state index is 0.00672. The molecule has 2 aromatic rings. The summed E-state index contributed by atoms with van der Waals surface area (Å²) in [5.41, 5.74) is 0.974. The molecule has 1 N–H and O–H groups in total. The molecule has 0 aliphatic heterocycles. The minimum Gasteiger partial charge on any atom is -0.497 e. The van der Waals surface area contributed by atoms with Crippen molar-refractivity contribution in [1.29, 1.82) is 0 Å². The van der Waals surface area contributed by atoms with Gasteiger partial charge in [0.15, 0.2) is 0 Å². The van der Waals surface area contributed by atoms with Crippen molar-refractivity contribution in [2.24, 2.45) is 0 Å². The third-order valence-corrected chi connectivity index (χ3v) is 5.79. The van der Waals surface area contributed by atoms with E-state index in [9.17, 15) is 9.59 Å². The molecule has 2 rings (SSSR count). The summed E-state index contributed by atoms with van der Waals surface area (Å²) >= 11 is 1.65. The number of hydrogen-bond donors (Lipinski definition) is 1. The zero-order chi connectivity index (χ0) is 21.8. The van der Waals surface area contributed by atoms with Crippen molar-refractivity contribution in [3.63, 3.8) is 0 Å². The highest BCUT2D eigenvalue weighted by molar-refractivity contribution is 7.99. The average molecular weight is 429 g/mol. The molecule has 0 saturated heterocycles. The summed E-state index contributed by atoms with van der Waals surface area (Å²) < 4.78 is 5.22. The molecule has 2 aromatic carbocycles. The Balaban J connectivity index is 2.10. The first-order valence-corrected chi connectivity index (χ1v) is 11.5. The molecule has 0 radical (unpaired) electrons. The van der Waals surface area contributed by atoms with Gasteiger partial charge in [-0.05, 0) is 42.7 Å². The van der Waals surface area contributed by atoms with E-state index in [1.807, 2.05) is 68.4 Å². The molecule has 1 atom stereocenters. The first-order valence-electron chi connectivity index (χ1n) is 10.5. The highest BCUT2D eigenvalue weighted by Crippen LogP contribution is 2.21. The van der Waals surface area contributed by atoms with Gasteiger partial charge in [0.1, 0.15) is 11.8 Å². The Morgan fingerprint density at radius 1 is 1.07 bits per heavy atom. The van der Waals surface area contributed by atoms with E-state index in [0.717, 1.165) is 22.6 Å². The SMILES string of the molecule is CCCNC(=O)[C@@H](CC)N(Cc1ccc(OC)cc1)C(=O)CCSc1ccccc1. The maximum Gasteiger partial charge on any atom is 0.242 e. The molecule has 0 bridgehead atoms. The number of methoxy groups -OCH3 is 1. The number of carbonyl (C=O) groups is 2. The lowest BCUT2D eigenvalue weighted by Crippen LogP contribution is -2.49. The molecule has 0 saturated carbocycles. The van der Waals surface area contributed by atoms with E-state index in [1.165, 1.54) is 0 Å². The van der Waals surface area contributed by atoms with E-state index in [4.69, 9.17) is 4.74 Å². The molecule has 0 aliphatic rings. The number of rotatable bonds is 12. The molecule has 0 fully saturated rings. The summed E-state index contributed by atoms with van der Waals surface area (Å²) in [5, 5.41) is 2.95. The molecule has 30 heavy (non-hydrogen) atoms. The fraction of sp³-hybridized carbons (Fsp3) is 0.417. The second kappa shape index (κ2) is 13.0. The number of thioether (sulfide) groups is 1. The van der Waals surface area contributed by atoms with Crippen LogP contribution in [0, 0.1) is 0 Å². The number of benzene rings is 2. The predicted octanol–water partition coefficient (Wildman–Crippen LogP) is 4.51. The number of carbonyl (C=O) groups excluding carboxylic acids is 2. The maximum absolute atomic E-state index is 13.1. The predicted molar refractivity (Wildman–Crippen MR) is 123 cm³/mol. The molecule has 0 aliphatic carbocycles. The summed E-state index contributed by atoms with van der Waals surface area (Å²) in [7, 11) is 1.63. The third kappa shape index (κ3) is 7.41. The van der Waals surface area contributed by atoms with Crippen LogP contribution in [0.5, 0.6) is 5.75 Å². The average Bonchev–Trinajstić information content (AvgIpc) is 2.78. The van der Waals surface area contributed by atoms with Crippen LogP contribution < -0.4 is 10.1 Å². The van der Waals surface area contributed by atoms with Crippen LogP contribution in [0.4, 0.5) is 0 Å². The molecule has 5 nitrogen and oxygen atoms in total. The van der Waals surface area contributed by atoms with Gasteiger partial charge in [0.2, 0.25) is 11.8 Å². The first-order chi connectivity index (χ1) is 14.6. The molecule has 162 valence electrons. The number of ether oxygens (including phenoxy) is 1. The van der Waals surface area contributed by atoms with Crippen molar-refractivity contribution in [3.8, 4) is 5.75 Å². The molecular weight excluding hydrogens is 396 g/mol. The zero-order valence-electron chi connectivity index (χ0n) is 18.1. The Hall–Kier alpha value is -2.47. The van der Waals surface area contributed by atoms with Gasteiger partial charge in [0.25, 0.3) is 0 Å². The van der Waals surface area contributed by atoms with Crippen LogP contribution >= 0.6 is 11.8 Å². The lowest BCUT2D eigenvalue weighted by molar-refractivity contribution is -0.141. The van der Waals surface area contributed by atoms with Crippen LogP contribution in [-0.4, -0.2) is 42.2 Å². The van der Waals surface area contributed by atoms with E-state index in [-0.39, 0.29) is 11.8 Å². The van der Waals surface area contributed by atoms with Gasteiger partial charge in [-0.3, -0.25) is 9.59 Å². The number of nitrogens with one attached hydrogen (secondary N) is 1. The van der Waals surface area contributed by atoms with Crippen molar-refractivity contribution in [2.45, 2.75) is 50.6 Å². The largest absolute Gasteiger partial charge is 0.497 e. The smallest absolute Gasteiger partial charge is 0.242 e. The van der Waals surface area contributed by atoms with Gasteiger partial charge < -0.3 is 15.0 Å². The van der Waals surface area contributed by atoms with Gasteiger partial charge in [-0.1, -0.05) is 44.2 Å². The first kappa shape index (κ1) is 23.8. The van der Waals surface area contributed by atoms with Gasteiger partial charge in [-0.2, -0.15) is 0 Å². The molecule has 2 amide bonds. The lowest BCUT2D eigenvalue weighted by atomic mass is 10.1. The van der Waals surface area contributed by atoms with Crippen LogP contribution in [0.15, 0.2) is 59.5 Å². The lowest BCUT2D eigenvalue weighted by Gasteiger charge is -2.30. The summed E-state index contributed by atoms with van der Waals surface area (Å²) in [4.78, 5) is 28.7. The molecule has 0 spiro atoms. The fourth-order valence-electron chi connectivity index (χ4n) is 3.13. The molecule has 0 aromatic heterocycles. The highest BCUT2D eigenvalue weighted by atomic mass is 32.2. The third-order valence-electron chi connectivity index (χ3n) is 4.77. The van der Waals surface area contributed by atoms with E-state index in [0.29, 0.717) is 31.7 Å². The van der Waals surface area contributed by atoms with E-state index < -0.39 is 6.04 Å². The fourth-order valence-corrected chi connectivity index (χ4v) is 3.99. The number of nitrogens with zero attached hydrogens (tertiary/aromatic N) is 1. The van der Waals surface area contributed by atoms with E-state index >= 15 is 0 Å². The highest BCUT2D eigenvalue weighted by Gasteiger charge is 2.28. The van der Waals surface area contributed by atoms with Crippen molar-refractivity contribution in [3.05, 3.63) is 60.2 Å². The molecule has 6 heteroatoms. The summed E-state index contributed by atoms with van der Waals surface area (Å²) in [6.07, 6.45) is 1.82. The molecular formula is C24H32N2O3S. The number of amides is 2. The Kier molecular flexibility index (Phi) is 10.3. The van der Waals surface area contributed by atoms with Crippen molar-refractivity contribution in [1.82, 2.24) is 10.2 Å². The van der Waals surface area contributed by atoms with Gasteiger partial charge >= 0.3 is 0 Å². The second-order valence-corrected chi connectivity index (χ2v) is 8.16. The monoisotopic (exact) mass is 428 g/mol. The van der Waals surface area contributed by atoms with Gasteiger partial charge in [0, 0.05) is 30.2 Å². The standard InChI is InChI=1S/C24H32N2O3S/c1-4-16-25-24(28)22(5-2)26(18-19-11-13-20(29-3)14-12-19)23(27)15-17-30-21-9-7-6-8-10-21/h6-14,22H,4-5,15-18H2,1-3H3,(H,25,28)/t22-/m1/s1. The van der Waals surface area contributed by atoms with Crippen molar-refractivity contribution >= 4 is 23.6 Å². The van der Waals surface area contributed by atoms with Crippen LogP contribution in [-0.2, 0) is 16.1 Å². The normalized spacial score (nSPS) is 11.6. The van der Waals surface area contributed by atoms with E-state index in [2.05, 4.69) is 5.32 Å². The van der Waals surface area contributed by atoms with Crippen molar-refractivity contribution < 1.29 is 14.3 Å². The Morgan fingerprint density at radius 2 is 1.77 bits per heavy atom. The van der Waals surface area contributed by atoms with Crippen molar-refractivity contribution in [2.75, 3.05) is 19.4 Å². The Morgan fingerprint density at radius 3 is 2.37 bits per heavy atom. The topological polar surface area (TPSA) is 58.6 Å². The number of hydrogen-bond acceptors (Lipinski definition) is 4. The minimum atomic E-state index is -0.479. The van der Waals surface area contributed by atoms with Crippen LogP contribution in [0.1, 0.15) is 38.7 Å². The van der Waals surface area contributed by atoms with Crippen LogP contribution in [0.2, 0.25) is 0 Å². The summed E-state index contributed by atoms with van der Waals surface area (Å²) in [5.74, 6) is 1.35. The summed E-state index contributed by atoms with van der Waals surface area (Å²) in [6.45, 7) is 4.98. The zero-order valence-corrected chi connectivity index (χ0v) is 18.9. The quantitative estimate of drug-likeness (QED) is 0.505.